The molecule has 80 valence electrons. The first kappa shape index (κ1) is 11.3. The van der Waals surface area contributed by atoms with Gasteiger partial charge in [0.15, 0.2) is 5.96 Å². The smallest absolute Gasteiger partial charge is 0.193 e. The summed E-state index contributed by atoms with van der Waals surface area (Å²) in [5.74, 6) is 0.420. The standard InChI is InChI=1S/C12H17N3/c1-3-8-14-12(13)15-11-7-5-6-10(4-2)9-11/h3,5-7,9H,1,4,8H2,2H3,(H3,13,14,15). The van der Waals surface area contributed by atoms with Crippen LogP contribution in [0.5, 0.6) is 0 Å². The molecule has 0 amide bonds. The second-order valence-electron chi connectivity index (χ2n) is 3.19. The number of nitrogens with zero attached hydrogens (tertiary/aromatic N) is 1. The van der Waals surface area contributed by atoms with Crippen molar-refractivity contribution in [3.05, 3.63) is 42.5 Å². The Labute approximate surface area is 90.7 Å². The average molecular weight is 203 g/mol. The first-order chi connectivity index (χ1) is 7.26. The highest BCUT2D eigenvalue weighted by Gasteiger charge is 1.95. The van der Waals surface area contributed by atoms with E-state index < -0.39 is 0 Å². The van der Waals surface area contributed by atoms with Gasteiger partial charge in [0.2, 0.25) is 0 Å². The number of nitrogens with one attached hydrogen (secondary N) is 1. The van der Waals surface area contributed by atoms with Crippen LogP contribution in [0.4, 0.5) is 5.69 Å². The van der Waals surface area contributed by atoms with Gasteiger partial charge in [-0.05, 0) is 24.1 Å². The fraction of sp³-hybridized carbons (Fsp3) is 0.250. The number of hydrogen-bond acceptors (Lipinski definition) is 1. The molecule has 0 bridgehead atoms. The average Bonchev–Trinajstić information content (AvgIpc) is 2.26. The molecule has 0 atom stereocenters. The summed E-state index contributed by atoms with van der Waals surface area (Å²) in [5, 5.41) is 3.03. The van der Waals surface area contributed by atoms with Gasteiger partial charge in [0, 0.05) is 5.69 Å². The monoisotopic (exact) mass is 203 g/mol. The SMILES string of the molecule is C=CCN=C(N)Nc1cccc(CC)c1. The molecule has 0 aliphatic heterocycles. The van der Waals surface area contributed by atoms with Crippen molar-refractivity contribution < 1.29 is 0 Å². The minimum absolute atomic E-state index is 0.420. The summed E-state index contributed by atoms with van der Waals surface area (Å²) in [5.41, 5.74) is 7.92. The molecule has 15 heavy (non-hydrogen) atoms. The summed E-state index contributed by atoms with van der Waals surface area (Å²) in [6, 6.07) is 8.12. The Morgan fingerprint density at radius 1 is 1.60 bits per heavy atom. The van der Waals surface area contributed by atoms with Crippen LogP contribution in [0.2, 0.25) is 0 Å². The fourth-order valence-corrected chi connectivity index (χ4v) is 1.22. The first-order valence-electron chi connectivity index (χ1n) is 5.03. The van der Waals surface area contributed by atoms with Crippen molar-refractivity contribution in [2.24, 2.45) is 10.7 Å². The quantitative estimate of drug-likeness (QED) is 0.447. The van der Waals surface area contributed by atoms with E-state index in [1.54, 1.807) is 6.08 Å². The first-order valence-corrected chi connectivity index (χ1v) is 5.03. The minimum atomic E-state index is 0.420. The van der Waals surface area contributed by atoms with Crippen LogP contribution in [-0.4, -0.2) is 12.5 Å². The number of guanidine groups is 1. The number of nitrogens with two attached hydrogens (primary N) is 1. The normalized spacial score (nSPS) is 11.1. The van der Waals surface area contributed by atoms with Gasteiger partial charge < -0.3 is 11.1 Å². The molecule has 0 heterocycles. The van der Waals surface area contributed by atoms with Gasteiger partial charge in [0.05, 0.1) is 6.54 Å². The van der Waals surface area contributed by atoms with Crippen molar-refractivity contribution in [1.29, 1.82) is 0 Å². The second kappa shape index (κ2) is 5.86. The molecular weight excluding hydrogens is 186 g/mol. The molecule has 1 aromatic rings. The fourth-order valence-electron chi connectivity index (χ4n) is 1.22. The predicted molar refractivity (Wildman–Crippen MR) is 66.1 cm³/mol. The van der Waals surface area contributed by atoms with Gasteiger partial charge in [-0.25, -0.2) is 4.99 Å². The molecular formula is C12H17N3. The lowest BCUT2D eigenvalue weighted by atomic mass is 10.1. The topological polar surface area (TPSA) is 50.4 Å². The molecule has 1 rings (SSSR count). The molecule has 1 aromatic carbocycles. The Morgan fingerprint density at radius 2 is 2.40 bits per heavy atom. The minimum Gasteiger partial charge on any atom is -0.370 e. The largest absolute Gasteiger partial charge is 0.370 e. The molecule has 3 nitrogen and oxygen atoms in total. The second-order valence-corrected chi connectivity index (χ2v) is 3.19. The summed E-state index contributed by atoms with van der Waals surface area (Å²) in [4.78, 5) is 4.06. The van der Waals surface area contributed by atoms with Crippen molar-refractivity contribution in [2.75, 3.05) is 11.9 Å². The summed E-state index contributed by atoms with van der Waals surface area (Å²) in [7, 11) is 0. The van der Waals surface area contributed by atoms with Crippen LogP contribution < -0.4 is 11.1 Å². The van der Waals surface area contributed by atoms with Crippen LogP contribution >= 0.6 is 0 Å². The summed E-state index contributed by atoms with van der Waals surface area (Å²) in [6.07, 6.45) is 2.72. The maximum absolute atomic E-state index is 5.67. The molecule has 0 aliphatic rings. The van der Waals surface area contributed by atoms with E-state index in [1.165, 1.54) is 5.56 Å². The molecule has 3 heteroatoms. The van der Waals surface area contributed by atoms with Crippen LogP contribution in [-0.2, 0) is 6.42 Å². The molecule has 0 spiro atoms. The molecule has 0 aliphatic carbocycles. The summed E-state index contributed by atoms with van der Waals surface area (Å²) >= 11 is 0. The third-order valence-electron chi connectivity index (χ3n) is 2.00. The van der Waals surface area contributed by atoms with Gasteiger partial charge in [-0.15, -0.1) is 6.58 Å². The Hall–Kier alpha value is -1.77. The van der Waals surface area contributed by atoms with E-state index in [2.05, 4.69) is 35.9 Å². The Morgan fingerprint density at radius 3 is 3.07 bits per heavy atom. The van der Waals surface area contributed by atoms with Crippen LogP contribution in [0.1, 0.15) is 12.5 Å². The van der Waals surface area contributed by atoms with E-state index in [0.29, 0.717) is 12.5 Å². The van der Waals surface area contributed by atoms with Crippen LogP contribution in [0.3, 0.4) is 0 Å². The number of anilines is 1. The lowest BCUT2D eigenvalue weighted by Crippen LogP contribution is -2.22. The summed E-state index contributed by atoms with van der Waals surface area (Å²) in [6.45, 7) is 6.23. The van der Waals surface area contributed by atoms with Crippen molar-refractivity contribution in [3.63, 3.8) is 0 Å². The van der Waals surface area contributed by atoms with Crippen molar-refractivity contribution in [2.45, 2.75) is 13.3 Å². The van der Waals surface area contributed by atoms with E-state index in [1.807, 2.05) is 12.1 Å². The third-order valence-corrected chi connectivity index (χ3v) is 2.00. The van der Waals surface area contributed by atoms with Gasteiger partial charge in [-0.2, -0.15) is 0 Å². The number of hydrogen-bond donors (Lipinski definition) is 2. The number of aliphatic imine (C=N–C) groups is 1. The zero-order valence-corrected chi connectivity index (χ0v) is 9.03. The molecule has 0 aromatic heterocycles. The zero-order valence-electron chi connectivity index (χ0n) is 9.03. The molecule has 0 fully saturated rings. The maximum atomic E-state index is 5.67. The highest BCUT2D eigenvalue weighted by Crippen LogP contribution is 2.10. The van der Waals surface area contributed by atoms with E-state index in [-0.39, 0.29) is 0 Å². The zero-order chi connectivity index (χ0) is 11.1. The lowest BCUT2D eigenvalue weighted by molar-refractivity contribution is 1.14. The number of rotatable bonds is 4. The van der Waals surface area contributed by atoms with Crippen molar-refractivity contribution in [3.8, 4) is 0 Å². The van der Waals surface area contributed by atoms with Crippen LogP contribution in [0.15, 0.2) is 41.9 Å². The Kier molecular flexibility index (Phi) is 4.41. The van der Waals surface area contributed by atoms with E-state index in [9.17, 15) is 0 Å². The number of benzene rings is 1. The van der Waals surface area contributed by atoms with Gasteiger partial charge >= 0.3 is 0 Å². The van der Waals surface area contributed by atoms with Gasteiger partial charge in [0.25, 0.3) is 0 Å². The van der Waals surface area contributed by atoms with E-state index >= 15 is 0 Å². The molecule has 0 saturated heterocycles. The Balaban J connectivity index is 2.67. The van der Waals surface area contributed by atoms with Gasteiger partial charge in [0.1, 0.15) is 0 Å². The highest BCUT2D eigenvalue weighted by molar-refractivity contribution is 5.92. The molecule has 0 radical (unpaired) electrons. The molecule has 0 unspecified atom stereocenters. The Bertz CT molecular complexity index is 356. The van der Waals surface area contributed by atoms with E-state index in [0.717, 1.165) is 12.1 Å². The predicted octanol–water partition coefficient (Wildman–Crippen LogP) is 2.16. The van der Waals surface area contributed by atoms with Crippen LogP contribution in [0.25, 0.3) is 0 Å². The summed E-state index contributed by atoms with van der Waals surface area (Å²) < 4.78 is 0. The van der Waals surface area contributed by atoms with Gasteiger partial charge in [-0.1, -0.05) is 25.1 Å². The van der Waals surface area contributed by atoms with Gasteiger partial charge in [-0.3, -0.25) is 0 Å². The van der Waals surface area contributed by atoms with Crippen LogP contribution in [0, 0.1) is 0 Å². The lowest BCUT2D eigenvalue weighted by Gasteiger charge is -2.06. The number of aryl methyl sites for hydroxylation is 1. The molecule has 0 saturated carbocycles. The third kappa shape index (κ3) is 3.85. The van der Waals surface area contributed by atoms with Crippen molar-refractivity contribution in [1.82, 2.24) is 0 Å². The molecule has 3 N–H and O–H groups in total. The maximum Gasteiger partial charge on any atom is 0.193 e. The van der Waals surface area contributed by atoms with Crippen molar-refractivity contribution >= 4 is 11.6 Å². The van der Waals surface area contributed by atoms with E-state index in [4.69, 9.17) is 5.73 Å². The highest BCUT2D eigenvalue weighted by atomic mass is 15.1.